The van der Waals surface area contributed by atoms with Gasteiger partial charge in [-0.15, -0.1) is 11.3 Å². The van der Waals surface area contributed by atoms with Gasteiger partial charge in [0.1, 0.15) is 12.4 Å². The molecule has 3 nitrogen and oxygen atoms in total. The van der Waals surface area contributed by atoms with Crippen LogP contribution in [0.5, 0.6) is 5.75 Å². The zero-order valence-corrected chi connectivity index (χ0v) is 11.9. The highest BCUT2D eigenvalue weighted by atomic mass is 35.5. The number of thiazole rings is 1. The van der Waals surface area contributed by atoms with Crippen molar-refractivity contribution in [3.63, 3.8) is 0 Å². The smallest absolute Gasteiger partial charge is 0.131 e. The molecule has 0 spiro atoms. The number of rotatable bonds is 4. The summed E-state index contributed by atoms with van der Waals surface area (Å²) in [6.45, 7) is 4.33. The topological polar surface area (TPSA) is 48.1 Å². The van der Waals surface area contributed by atoms with Crippen molar-refractivity contribution in [3.8, 4) is 5.75 Å². The monoisotopic (exact) mass is 282 g/mol. The van der Waals surface area contributed by atoms with Gasteiger partial charge in [0.25, 0.3) is 0 Å². The van der Waals surface area contributed by atoms with Gasteiger partial charge in [-0.05, 0) is 32.0 Å². The Balaban J connectivity index is 2.13. The molecule has 0 saturated heterocycles. The molecule has 2 N–H and O–H groups in total. The Morgan fingerprint density at radius 3 is 2.89 bits per heavy atom. The number of halogens is 1. The molecule has 0 fully saturated rings. The van der Waals surface area contributed by atoms with Crippen LogP contribution in [0.4, 0.5) is 0 Å². The molecule has 96 valence electrons. The van der Waals surface area contributed by atoms with E-state index in [2.05, 4.69) is 4.98 Å². The van der Waals surface area contributed by atoms with E-state index in [9.17, 15) is 0 Å². The molecule has 5 heteroatoms. The van der Waals surface area contributed by atoms with Gasteiger partial charge >= 0.3 is 0 Å². The molecular formula is C13H15ClN2OS. The minimum absolute atomic E-state index is 0.115. The van der Waals surface area contributed by atoms with Gasteiger partial charge in [-0.2, -0.15) is 0 Å². The number of benzene rings is 1. The van der Waals surface area contributed by atoms with Crippen molar-refractivity contribution in [2.24, 2.45) is 5.73 Å². The number of hydrogen-bond donors (Lipinski definition) is 1. The average molecular weight is 283 g/mol. The van der Waals surface area contributed by atoms with E-state index in [0.29, 0.717) is 11.6 Å². The lowest BCUT2D eigenvalue weighted by Crippen LogP contribution is -2.08. The summed E-state index contributed by atoms with van der Waals surface area (Å²) >= 11 is 7.58. The molecule has 0 aliphatic carbocycles. The third-order valence-electron chi connectivity index (χ3n) is 2.50. The van der Waals surface area contributed by atoms with Gasteiger partial charge in [0.15, 0.2) is 0 Å². The Bertz CT molecular complexity index is 540. The fourth-order valence-corrected chi connectivity index (χ4v) is 2.41. The lowest BCUT2D eigenvalue weighted by molar-refractivity contribution is 0.297. The van der Waals surface area contributed by atoms with Crippen molar-refractivity contribution in [2.75, 3.05) is 0 Å². The second-order valence-corrected chi connectivity index (χ2v) is 5.62. The first-order chi connectivity index (χ1) is 8.56. The first-order valence-corrected chi connectivity index (χ1v) is 6.91. The van der Waals surface area contributed by atoms with Crippen molar-refractivity contribution < 1.29 is 4.74 Å². The van der Waals surface area contributed by atoms with Gasteiger partial charge < -0.3 is 10.5 Å². The zero-order chi connectivity index (χ0) is 13.1. The Hall–Kier alpha value is -1.10. The van der Waals surface area contributed by atoms with Gasteiger partial charge in [-0.1, -0.05) is 11.6 Å². The summed E-state index contributed by atoms with van der Waals surface area (Å²) in [5.41, 5.74) is 7.75. The molecule has 1 atom stereocenters. The quantitative estimate of drug-likeness (QED) is 0.930. The molecule has 0 aliphatic rings. The molecule has 0 amide bonds. The largest absolute Gasteiger partial charge is 0.487 e. The van der Waals surface area contributed by atoms with Crippen molar-refractivity contribution in [1.29, 1.82) is 0 Å². The van der Waals surface area contributed by atoms with E-state index in [1.165, 1.54) is 0 Å². The highest BCUT2D eigenvalue weighted by Crippen LogP contribution is 2.28. The Labute approximate surface area is 116 Å². The van der Waals surface area contributed by atoms with Crippen LogP contribution in [0.1, 0.15) is 29.2 Å². The summed E-state index contributed by atoms with van der Waals surface area (Å²) in [4.78, 5) is 4.35. The molecular weight excluding hydrogens is 268 g/mol. The molecule has 2 rings (SSSR count). The average Bonchev–Trinajstić information content (AvgIpc) is 2.73. The van der Waals surface area contributed by atoms with Crippen LogP contribution in [-0.4, -0.2) is 4.98 Å². The summed E-state index contributed by atoms with van der Waals surface area (Å²) in [7, 11) is 0. The fraction of sp³-hybridized carbons (Fsp3) is 0.308. The lowest BCUT2D eigenvalue weighted by atomic mass is 10.1. The standard InChI is InChI=1S/C13H15ClN2OS/c1-8(15)12-5-10(14)3-4-13(12)17-6-11-7-18-9(2)16-11/h3-5,7-8H,6,15H2,1-2H3/t8-/m0/s1. The zero-order valence-electron chi connectivity index (χ0n) is 10.3. The molecule has 1 heterocycles. The first kappa shape index (κ1) is 13.3. The SMILES string of the molecule is Cc1nc(COc2ccc(Cl)cc2[C@H](C)N)cs1. The predicted molar refractivity (Wildman–Crippen MR) is 75.2 cm³/mol. The van der Waals surface area contributed by atoms with E-state index in [0.717, 1.165) is 22.0 Å². The van der Waals surface area contributed by atoms with Crippen molar-refractivity contribution in [1.82, 2.24) is 4.98 Å². The summed E-state index contributed by atoms with van der Waals surface area (Å²) in [5.74, 6) is 0.764. The van der Waals surface area contributed by atoms with Crippen LogP contribution in [-0.2, 0) is 6.61 Å². The van der Waals surface area contributed by atoms with E-state index in [1.807, 2.05) is 31.4 Å². The molecule has 18 heavy (non-hydrogen) atoms. The van der Waals surface area contributed by atoms with Crippen LogP contribution in [0, 0.1) is 6.92 Å². The number of aryl methyl sites for hydroxylation is 1. The van der Waals surface area contributed by atoms with E-state index < -0.39 is 0 Å². The van der Waals surface area contributed by atoms with Crippen LogP contribution >= 0.6 is 22.9 Å². The highest BCUT2D eigenvalue weighted by molar-refractivity contribution is 7.09. The maximum absolute atomic E-state index is 5.96. The molecule has 1 aromatic carbocycles. The van der Waals surface area contributed by atoms with Crippen molar-refractivity contribution >= 4 is 22.9 Å². The van der Waals surface area contributed by atoms with E-state index >= 15 is 0 Å². The van der Waals surface area contributed by atoms with E-state index in [-0.39, 0.29) is 6.04 Å². The Morgan fingerprint density at radius 1 is 1.50 bits per heavy atom. The number of nitrogens with two attached hydrogens (primary N) is 1. The lowest BCUT2D eigenvalue weighted by Gasteiger charge is -2.13. The summed E-state index contributed by atoms with van der Waals surface area (Å²) in [6, 6.07) is 5.37. The number of aromatic nitrogens is 1. The normalized spacial score (nSPS) is 12.4. The van der Waals surface area contributed by atoms with Gasteiger partial charge in [0, 0.05) is 22.0 Å². The predicted octanol–water partition coefficient (Wildman–Crippen LogP) is 3.70. The second-order valence-electron chi connectivity index (χ2n) is 4.12. The van der Waals surface area contributed by atoms with Crippen molar-refractivity contribution in [2.45, 2.75) is 26.5 Å². The number of ether oxygens (including phenoxy) is 1. The molecule has 0 radical (unpaired) electrons. The highest BCUT2D eigenvalue weighted by Gasteiger charge is 2.09. The third kappa shape index (κ3) is 3.22. The van der Waals surface area contributed by atoms with Crippen LogP contribution in [0.2, 0.25) is 5.02 Å². The van der Waals surface area contributed by atoms with E-state index in [4.69, 9.17) is 22.1 Å². The summed E-state index contributed by atoms with van der Waals surface area (Å²) in [6.07, 6.45) is 0. The molecule has 1 aromatic heterocycles. The van der Waals surface area contributed by atoms with Gasteiger partial charge in [-0.3, -0.25) is 0 Å². The minimum atomic E-state index is -0.115. The molecule has 0 aliphatic heterocycles. The van der Waals surface area contributed by atoms with Crippen molar-refractivity contribution in [3.05, 3.63) is 44.9 Å². The van der Waals surface area contributed by atoms with Crippen LogP contribution in [0.15, 0.2) is 23.6 Å². The summed E-state index contributed by atoms with van der Waals surface area (Å²) < 4.78 is 5.76. The van der Waals surface area contributed by atoms with Gasteiger partial charge in [-0.25, -0.2) is 4.98 Å². The van der Waals surface area contributed by atoms with Gasteiger partial charge in [0.05, 0.1) is 10.7 Å². The molecule has 0 saturated carbocycles. The van der Waals surface area contributed by atoms with Gasteiger partial charge in [0.2, 0.25) is 0 Å². The number of nitrogens with zero attached hydrogens (tertiary/aromatic N) is 1. The number of hydrogen-bond acceptors (Lipinski definition) is 4. The Kier molecular flexibility index (Phi) is 4.22. The maximum atomic E-state index is 5.96. The second kappa shape index (κ2) is 5.69. The first-order valence-electron chi connectivity index (χ1n) is 5.65. The fourth-order valence-electron chi connectivity index (χ4n) is 1.63. The molecule has 0 bridgehead atoms. The maximum Gasteiger partial charge on any atom is 0.131 e. The van der Waals surface area contributed by atoms with Crippen LogP contribution < -0.4 is 10.5 Å². The van der Waals surface area contributed by atoms with Crippen LogP contribution in [0.25, 0.3) is 0 Å². The summed E-state index contributed by atoms with van der Waals surface area (Å²) in [5, 5.41) is 3.70. The third-order valence-corrected chi connectivity index (χ3v) is 3.56. The van der Waals surface area contributed by atoms with Crippen LogP contribution in [0.3, 0.4) is 0 Å². The molecule has 2 aromatic rings. The Morgan fingerprint density at radius 2 is 2.28 bits per heavy atom. The van der Waals surface area contributed by atoms with E-state index in [1.54, 1.807) is 17.4 Å². The molecule has 0 unspecified atom stereocenters. The minimum Gasteiger partial charge on any atom is -0.487 e.